The van der Waals surface area contributed by atoms with E-state index in [1.807, 2.05) is 6.92 Å². The van der Waals surface area contributed by atoms with E-state index in [9.17, 15) is 9.18 Å². The lowest BCUT2D eigenvalue weighted by Gasteiger charge is -2.09. The zero-order valence-electron chi connectivity index (χ0n) is 10.0. The summed E-state index contributed by atoms with van der Waals surface area (Å²) in [5.74, 6) is 0.207. The van der Waals surface area contributed by atoms with E-state index in [4.69, 9.17) is 0 Å². The highest BCUT2D eigenvalue weighted by atomic mass is 32.2. The van der Waals surface area contributed by atoms with Crippen LogP contribution in [0.3, 0.4) is 0 Å². The van der Waals surface area contributed by atoms with Crippen molar-refractivity contribution < 1.29 is 9.18 Å². The van der Waals surface area contributed by atoms with Crippen LogP contribution in [0.4, 0.5) is 4.39 Å². The van der Waals surface area contributed by atoms with Gasteiger partial charge in [0, 0.05) is 10.8 Å². The third-order valence-electron chi connectivity index (χ3n) is 3.25. The molecule has 0 N–H and O–H groups in total. The Labute approximate surface area is 106 Å². The Balaban J connectivity index is 1.96. The molecule has 1 aromatic carbocycles. The Hall–Kier alpha value is -0.830. The van der Waals surface area contributed by atoms with Gasteiger partial charge in [-0.25, -0.2) is 4.39 Å². The first-order chi connectivity index (χ1) is 8.16. The number of hydrogen-bond acceptors (Lipinski definition) is 2. The number of Topliss-reactive ketones (excluding diaryl/α,β-unsaturated/α-hetero) is 1. The van der Waals surface area contributed by atoms with E-state index in [-0.39, 0.29) is 11.6 Å². The molecule has 0 bridgehead atoms. The van der Waals surface area contributed by atoms with Gasteiger partial charge in [0.05, 0.1) is 5.75 Å². The monoisotopic (exact) mass is 252 g/mol. The summed E-state index contributed by atoms with van der Waals surface area (Å²) in [7, 11) is 0. The van der Waals surface area contributed by atoms with Crippen molar-refractivity contribution in [3.8, 4) is 0 Å². The van der Waals surface area contributed by atoms with Crippen LogP contribution in [-0.4, -0.2) is 16.8 Å². The molecule has 1 aromatic rings. The molecule has 0 aromatic heterocycles. The van der Waals surface area contributed by atoms with Crippen LogP contribution in [0.15, 0.2) is 18.2 Å². The van der Waals surface area contributed by atoms with E-state index in [0.29, 0.717) is 16.6 Å². The Morgan fingerprint density at radius 2 is 2.12 bits per heavy atom. The molecule has 92 valence electrons. The minimum Gasteiger partial charge on any atom is -0.293 e. The second-order valence-corrected chi connectivity index (χ2v) is 5.89. The molecule has 0 unspecified atom stereocenters. The second-order valence-electron chi connectivity index (χ2n) is 4.60. The van der Waals surface area contributed by atoms with Crippen molar-refractivity contribution in [1.82, 2.24) is 0 Å². The number of thioether (sulfide) groups is 1. The molecule has 17 heavy (non-hydrogen) atoms. The van der Waals surface area contributed by atoms with Gasteiger partial charge in [-0.2, -0.15) is 11.8 Å². The lowest BCUT2D eigenvalue weighted by atomic mass is 10.1. The van der Waals surface area contributed by atoms with Crippen LogP contribution in [0.2, 0.25) is 0 Å². The predicted octanol–water partition coefficient (Wildman–Crippen LogP) is 3.99. The Bertz CT molecular complexity index is 411. The maximum atomic E-state index is 13.1. The van der Waals surface area contributed by atoms with Gasteiger partial charge in [-0.05, 0) is 37.5 Å². The van der Waals surface area contributed by atoms with Crippen LogP contribution in [0.25, 0.3) is 0 Å². The van der Waals surface area contributed by atoms with Gasteiger partial charge in [-0.15, -0.1) is 0 Å². The van der Waals surface area contributed by atoms with Crippen LogP contribution in [-0.2, 0) is 0 Å². The quantitative estimate of drug-likeness (QED) is 0.754. The number of carbonyl (C=O) groups excluding carboxylic acids is 1. The lowest BCUT2D eigenvalue weighted by Crippen LogP contribution is -2.08. The van der Waals surface area contributed by atoms with Gasteiger partial charge < -0.3 is 0 Å². The highest BCUT2D eigenvalue weighted by Crippen LogP contribution is 2.30. The van der Waals surface area contributed by atoms with Crippen molar-refractivity contribution in [3.05, 3.63) is 35.1 Å². The molecule has 0 heterocycles. The van der Waals surface area contributed by atoms with E-state index in [0.717, 1.165) is 5.56 Å². The van der Waals surface area contributed by atoms with Gasteiger partial charge in [0.2, 0.25) is 0 Å². The number of benzene rings is 1. The first-order valence-electron chi connectivity index (χ1n) is 6.08. The number of rotatable bonds is 4. The third-order valence-corrected chi connectivity index (χ3v) is 4.62. The first-order valence-corrected chi connectivity index (χ1v) is 7.12. The zero-order chi connectivity index (χ0) is 12.3. The minimum atomic E-state index is -0.329. The largest absolute Gasteiger partial charge is 0.293 e. The van der Waals surface area contributed by atoms with E-state index in [2.05, 4.69) is 0 Å². The summed E-state index contributed by atoms with van der Waals surface area (Å²) in [5, 5.41) is 0.632. The fraction of sp³-hybridized carbons (Fsp3) is 0.500. The third kappa shape index (κ3) is 3.32. The maximum absolute atomic E-state index is 13.1. The molecule has 3 heteroatoms. The lowest BCUT2D eigenvalue weighted by molar-refractivity contribution is 0.102. The fourth-order valence-electron chi connectivity index (χ4n) is 2.22. The minimum absolute atomic E-state index is 0.0545. The molecule has 1 aliphatic carbocycles. The zero-order valence-corrected chi connectivity index (χ0v) is 10.9. The van der Waals surface area contributed by atoms with Crippen molar-refractivity contribution >= 4 is 17.5 Å². The molecule has 1 saturated carbocycles. The summed E-state index contributed by atoms with van der Waals surface area (Å²) in [6.07, 6.45) is 5.01. The highest BCUT2D eigenvalue weighted by molar-refractivity contribution is 8.00. The van der Waals surface area contributed by atoms with Gasteiger partial charge >= 0.3 is 0 Å². The second kappa shape index (κ2) is 5.67. The van der Waals surface area contributed by atoms with E-state index >= 15 is 0 Å². The van der Waals surface area contributed by atoms with Crippen molar-refractivity contribution in [2.45, 2.75) is 37.9 Å². The summed E-state index contributed by atoms with van der Waals surface area (Å²) < 4.78 is 13.1. The predicted molar refractivity (Wildman–Crippen MR) is 70.2 cm³/mol. The molecular weight excluding hydrogens is 235 g/mol. The van der Waals surface area contributed by atoms with Crippen LogP contribution < -0.4 is 0 Å². The van der Waals surface area contributed by atoms with Crippen LogP contribution in [0.5, 0.6) is 0 Å². The topological polar surface area (TPSA) is 17.1 Å². The van der Waals surface area contributed by atoms with Gasteiger partial charge in [-0.3, -0.25) is 4.79 Å². The molecule has 1 nitrogen and oxygen atoms in total. The average molecular weight is 252 g/mol. The fourth-order valence-corrected chi connectivity index (χ4v) is 3.43. The van der Waals surface area contributed by atoms with Crippen molar-refractivity contribution in [2.24, 2.45) is 0 Å². The molecule has 1 aliphatic rings. The van der Waals surface area contributed by atoms with Gasteiger partial charge in [0.15, 0.2) is 5.78 Å². The summed E-state index contributed by atoms with van der Waals surface area (Å²) in [6, 6.07) is 4.42. The van der Waals surface area contributed by atoms with Crippen LogP contribution >= 0.6 is 11.8 Å². The van der Waals surface area contributed by atoms with Crippen molar-refractivity contribution in [2.75, 3.05) is 5.75 Å². The van der Waals surface area contributed by atoms with Crippen molar-refractivity contribution in [1.29, 1.82) is 0 Å². The van der Waals surface area contributed by atoms with Crippen molar-refractivity contribution in [3.63, 3.8) is 0 Å². The number of carbonyl (C=O) groups is 1. The molecule has 0 amide bonds. The molecule has 1 fully saturated rings. The number of hydrogen-bond donors (Lipinski definition) is 0. The average Bonchev–Trinajstić information content (AvgIpc) is 2.82. The highest BCUT2D eigenvalue weighted by Gasteiger charge is 2.18. The smallest absolute Gasteiger partial charge is 0.173 e. The summed E-state index contributed by atoms with van der Waals surface area (Å²) in [5.41, 5.74) is 1.40. The maximum Gasteiger partial charge on any atom is 0.173 e. The summed E-state index contributed by atoms with van der Waals surface area (Å²) in [6.45, 7) is 1.85. The number of halogens is 1. The van der Waals surface area contributed by atoms with E-state index in [1.54, 1.807) is 17.8 Å². The van der Waals surface area contributed by atoms with E-state index < -0.39 is 0 Å². The Kier molecular flexibility index (Phi) is 4.21. The molecular formula is C14H17FOS. The molecule has 2 rings (SSSR count). The van der Waals surface area contributed by atoms with Gasteiger partial charge in [0.25, 0.3) is 0 Å². The van der Waals surface area contributed by atoms with E-state index in [1.165, 1.54) is 37.8 Å². The molecule has 0 aliphatic heterocycles. The molecule has 0 atom stereocenters. The molecule has 0 spiro atoms. The SMILES string of the molecule is Cc1ccc(F)cc1C(=O)CSC1CCCC1. The first kappa shape index (κ1) is 12.6. The van der Waals surface area contributed by atoms with Crippen LogP contribution in [0, 0.1) is 12.7 Å². The molecule has 0 saturated heterocycles. The van der Waals surface area contributed by atoms with Gasteiger partial charge in [0.1, 0.15) is 5.82 Å². The van der Waals surface area contributed by atoms with Gasteiger partial charge in [-0.1, -0.05) is 18.9 Å². The van der Waals surface area contributed by atoms with Crippen LogP contribution in [0.1, 0.15) is 41.6 Å². The summed E-state index contributed by atoms with van der Waals surface area (Å²) >= 11 is 1.73. The standard InChI is InChI=1S/C14H17FOS/c1-10-6-7-11(15)8-13(10)14(16)9-17-12-4-2-3-5-12/h6-8,12H,2-5,9H2,1H3. The number of aryl methyl sites for hydroxylation is 1. The molecule has 0 radical (unpaired) electrons. The normalized spacial score (nSPS) is 16.4. The number of ketones is 1. The Morgan fingerprint density at radius 3 is 2.82 bits per heavy atom. The summed E-state index contributed by atoms with van der Waals surface area (Å²) in [4.78, 5) is 12.0. The Morgan fingerprint density at radius 1 is 1.41 bits per heavy atom.